The van der Waals surface area contributed by atoms with Crippen molar-refractivity contribution in [2.75, 3.05) is 11.9 Å². The van der Waals surface area contributed by atoms with Gasteiger partial charge in [-0.15, -0.1) is 0 Å². The fourth-order valence-electron chi connectivity index (χ4n) is 1.87. The second-order valence-corrected chi connectivity index (χ2v) is 5.91. The summed E-state index contributed by atoms with van der Waals surface area (Å²) in [5.41, 5.74) is 1.64. The Morgan fingerprint density at radius 2 is 2.00 bits per heavy atom. The molecular weight excluding hydrogens is 364 g/mol. The number of aliphatic hydroxyl groups is 1. The molecule has 0 bridgehead atoms. The van der Waals surface area contributed by atoms with Gasteiger partial charge in [0.1, 0.15) is 11.6 Å². The lowest BCUT2D eigenvalue weighted by Crippen LogP contribution is -2.14. The number of halogens is 4. The van der Waals surface area contributed by atoms with E-state index in [-0.39, 0.29) is 12.1 Å². The van der Waals surface area contributed by atoms with E-state index in [9.17, 15) is 13.9 Å². The third kappa shape index (κ3) is 3.93. The van der Waals surface area contributed by atoms with E-state index >= 15 is 0 Å². The maximum atomic E-state index is 13.6. The number of anilines is 1. The normalized spacial score (nSPS) is 12.3. The van der Waals surface area contributed by atoms with E-state index in [1.54, 1.807) is 6.07 Å². The van der Waals surface area contributed by atoms with Gasteiger partial charge < -0.3 is 10.4 Å². The highest BCUT2D eigenvalue weighted by atomic mass is 79.9. The topological polar surface area (TPSA) is 32.3 Å². The Kier molecular flexibility index (Phi) is 5.19. The van der Waals surface area contributed by atoms with Crippen molar-refractivity contribution in [2.24, 2.45) is 0 Å². The highest BCUT2D eigenvalue weighted by Gasteiger charge is 2.14. The molecule has 0 aromatic heterocycles. The van der Waals surface area contributed by atoms with Gasteiger partial charge in [0, 0.05) is 27.7 Å². The van der Waals surface area contributed by atoms with E-state index in [4.69, 9.17) is 11.6 Å². The number of aryl methyl sites for hydroxylation is 1. The van der Waals surface area contributed by atoms with Crippen molar-refractivity contribution in [3.8, 4) is 0 Å². The monoisotopic (exact) mass is 375 g/mol. The number of hydrogen-bond donors (Lipinski definition) is 2. The van der Waals surface area contributed by atoms with Crippen LogP contribution in [0.3, 0.4) is 0 Å². The van der Waals surface area contributed by atoms with Crippen LogP contribution in [0.5, 0.6) is 0 Å². The van der Waals surface area contributed by atoms with Gasteiger partial charge in [0.15, 0.2) is 0 Å². The molecule has 2 aromatic rings. The van der Waals surface area contributed by atoms with Gasteiger partial charge in [-0.3, -0.25) is 0 Å². The molecule has 0 spiro atoms. The number of benzene rings is 2. The average Bonchev–Trinajstić information content (AvgIpc) is 2.41. The molecule has 112 valence electrons. The minimum absolute atomic E-state index is 0.0400. The average molecular weight is 377 g/mol. The molecule has 0 fully saturated rings. The molecule has 0 saturated carbocycles. The van der Waals surface area contributed by atoms with E-state index in [1.807, 2.05) is 13.0 Å². The molecule has 0 heterocycles. The van der Waals surface area contributed by atoms with Crippen molar-refractivity contribution in [3.05, 3.63) is 62.6 Å². The first-order valence-electron chi connectivity index (χ1n) is 6.21. The van der Waals surface area contributed by atoms with Gasteiger partial charge in [-0.2, -0.15) is 0 Å². The predicted octanol–water partition coefficient (Wildman–Crippen LogP) is 4.83. The molecular formula is C15H13BrClF2NO. The first kappa shape index (κ1) is 16.2. The van der Waals surface area contributed by atoms with Gasteiger partial charge in [0.25, 0.3) is 0 Å². The number of aliphatic hydroxyl groups excluding tert-OH is 1. The molecule has 2 aromatic carbocycles. The van der Waals surface area contributed by atoms with Crippen molar-refractivity contribution < 1.29 is 13.9 Å². The summed E-state index contributed by atoms with van der Waals surface area (Å²) in [6.07, 6.45) is -1.10. The van der Waals surface area contributed by atoms with Crippen molar-refractivity contribution in [3.63, 3.8) is 0 Å². The largest absolute Gasteiger partial charge is 0.386 e. The zero-order valence-corrected chi connectivity index (χ0v) is 13.5. The molecule has 6 heteroatoms. The third-order valence-electron chi connectivity index (χ3n) is 3.06. The summed E-state index contributed by atoms with van der Waals surface area (Å²) >= 11 is 9.42. The van der Waals surface area contributed by atoms with Gasteiger partial charge in [0.05, 0.1) is 11.8 Å². The Bertz CT molecular complexity index is 666. The van der Waals surface area contributed by atoms with Crippen LogP contribution in [-0.4, -0.2) is 11.7 Å². The zero-order chi connectivity index (χ0) is 15.6. The summed E-state index contributed by atoms with van der Waals surface area (Å²) in [5.74, 6) is -1.45. The lowest BCUT2D eigenvalue weighted by atomic mass is 10.1. The smallest absolute Gasteiger partial charge is 0.131 e. The number of nitrogens with one attached hydrogen (secondary N) is 1. The fourth-order valence-corrected chi connectivity index (χ4v) is 2.63. The van der Waals surface area contributed by atoms with Gasteiger partial charge in [0.2, 0.25) is 0 Å². The summed E-state index contributed by atoms with van der Waals surface area (Å²) < 4.78 is 27.2. The van der Waals surface area contributed by atoms with Gasteiger partial charge in [-0.05, 0) is 46.6 Å². The summed E-state index contributed by atoms with van der Waals surface area (Å²) in [6.45, 7) is 1.94. The number of rotatable bonds is 4. The Morgan fingerprint density at radius 1 is 1.29 bits per heavy atom. The molecule has 0 saturated heterocycles. The molecule has 1 atom stereocenters. The van der Waals surface area contributed by atoms with E-state index in [0.29, 0.717) is 10.7 Å². The SMILES string of the molecule is Cc1cc(Br)c(NCC(O)c2ccc(F)cc2F)cc1Cl. The minimum Gasteiger partial charge on any atom is -0.386 e. The fraction of sp³-hybridized carbons (Fsp3) is 0.200. The standard InChI is InChI=1S/C15H13BrClF2NO/c1-8-4-11(16)14(6-12(8)17)20-7-15(21)10-3-2-9(18)5-13(10)19/h2-6,15,20-21H,7H2,1H3. The zero-order valence-electron chi connectivity index (χ0n) is 11.1. The lowest BCUT2D eigenvalue weighted by molar-refractivity contribution is 0.186. The maximum Gasteiger partial charge on any atom is 0.131 e. The first-order chi connectivity index (χ1) is 9.88. The molecule has 21 heavy (non-hydrogen) atoms. The van der Waals surface area contributed by atoms with Crippen molar-refractivity contribution in [1.29, 1.82) is 0 Å². The van der Waals surface area contributed by atoms with E-state index in [2.05, 4.69) is 21.2 Å². The lowest BCUT2D eigenvalue weighted by Gasteiger charge is -2.15. The van der Waals surface area contributed by atoms with Crippen LogP contribution in [0.4, 0.5) is 14.5 Å². The molecule has 1 unspecified atom stereocenters. The van der Waals surface area contributed by atoms with Gasteiger partial charge in [-0.1, -0.05) is 17.7 Å². The molecule has 0 radical (unpaired) electrons. The predicted molar refractivity (Wildman–Crippen MR) is 83.7 cm³/mol. The van der Waals surface area contributed by atoms with Crippen molar-refractivity contribution in [2.45, 2.75) is 13.0 Å². The van der Waals surface area contributed by atoms with E-state index in [1.165, 1.54) is 6.07 Å². The van der Waals surface area contributed by atoms with Crippen LogP contribution >= 0.6 is 27.5 Å². The molecule has 0 aliphatic rings. The van der Waals surface area contributed by atoms with Crippen molar-refractivity contribution in [1.82, 2.24) is 0 Å². The van der Waals surface area contributed by atoms with Crippen LogP contribution in [0, 0.1) is 18.6 Å². The molecule has 0 aliphatic carbocycles. The second kappa shape index (κ2) is 6.73. The van der Waals surface area contributed by atoms with E-state index in [0.717, 1.165) is 22.2 Å². The van der Waals surface area contributed by atoms with Crippen LogP contribution in [-0.2, 0) is 0 Å². The Hall–Kier alpha value is -1.17. The molecule has 0 amide bonds. The van der Waals surface area contributed by atoms with Crippen molar-refractivity contribution >= 4 is 33.2 Å². The van der Waals surface area contributed by atoms with E-state index < -0.39 is 17.7 Å². The van der Waals surface area contributed by atoms with Crippen LogP contribution in [0.15, 0.2) is 34.8 Å². The molecule has 2 N–H and O–H groups in total. The highest BCUT2D eigenvalue weighted by molar-refractivity contribution is 9.10. The maximum absolute atomic E-state index is 13.6. The van der Waals surface area contributed by atoms with Crippen LogP contribution < -0.4 is 5.32 Å². The minimum atomic E-state index is -1.10. The Balaban J connectivity index is 2.11. The second-order valence-electron chi connectivity index (χ2n) is 4.64. The summed E-state index contributed by atoms with van der Waals surface area (Å²) in [6, 6.07) is 6.65. The highest BCUT2D eigenvalue weighted by Crippen LogP contribution is 2.29. The summed E-state index contributed by atoms with van der Waals surface area (Å²) in [7, 11) is 0. The Morgan fingerprint density at radius 3 is 2.67 bits per heavy atom. The van der Waals surface area contributed by atoms with Gasteiger partial charge in [-0.25, -0.2) is 8.78 Å². The van der Waals surface area contributed by atoms with Crippen LogP contribution in [0.2, 0.25) is 5.02 Å². The molecule has 2 nitrogen and oxygen atoms in total. The third-order valence-corrected chi connectivity index (χ3v) is 4.12. The van der Waals surface area contributed by atoms with Crippen LogP contribution in [0.25, 0.3) is 0 Å². The molecule has 0 aliphatic heterocycles. The van der Waals surface area contributed by atoms with Crippen LogP contribution in [0.1, 0.15) is 17.2 Å². The van der Waals surface area contributed by atoms with Gasteiger partial charge >= 0.3 is 0 Å². The Labute approximate surface area is 134 Å². The molecule has 2 rings (SSSR count). The quantitative estimate of drug-likeness (QED) is 0.801. The summed E-state index contributed by atoms with van der Waals surface area (Å²) in [4.78, 5) is 0. The first-order valence-corrected chi connectivity index (χ1v) is 7.38. The number of hydrogen-bond acceptors (Lipinski definition) is 2. The summed E-state index contributed by atoms with van der Waals surface area (Å²) in [5, 5.41) is 13.6.